The van der Waals surface area contributed by atoms with Crippen molar-refractivity contribution in [3.05, 3.63) is 35.4 Å². The van der Waals surface area contributed by atoms with Crippen molar-refractivity contribution < 1.29 is 19.2 Å². The third-order valence-electron chi connectivity index (χ3n) is 3.83. The molecule has 0 saturated carbocycles. The second kappa shape index (κ2) is 3.08. The molecular formula is C11H14BNO3. The van der Waals surface area contributed by atoms with Crippen molar-refractivity contribution in [3.8, 4) is 0 Å². The smallest absolute Gasteiger partial charge is 0.484 e. The summed E-state index contributed by atoms with van der Waals surface area (Å²) in [4.78, 5) is 0. The Hall–Kier alpha value is -0.875. The molecule has 4 nitrogen and oxygen atoms in total. The van der Waals surface area contributed by atoms with Crippen LogP contribution in [0, 0.1) is 0 Å². The van der Waals surface area contributed by atoms with Crippen molar-refractivity contribution >= 4 is 6.89 Å². The van der Waals surface area contributed by atoms with Crippen molar-refractivity contribution in [3.63, 3.8) is 0 Å². The van der Waals surface area contributed by atoms with Crippen LogP contribution in [0.1, 0.15) is 17.2 Å². The molecule has 0 unspecified atom stereocenters. The Morgan fingerprint density at radius 2 is 2.00 bits per heavy atom. The van der Waals surface area contributed by atoms with Crippen LogP contribution >= 0.6 is 0 Å². The van der Waals surface area contributed by atoms with Gasteiger partial charge in [0.05, 0.1) is 6.10 Å². The van der Waals surface area contributed by atoms with Crippen LogP contribution in [-0.2, 0) is 20.4 Å². The molecule has 0 aromatic heterocycles. The molecule has 2 aliphatic heterocycles. The lowest BCUT2D eigenvalue weighted by atomic mass is 9.97. The minimum absolute atomic E-state index is 0.218. The van der Waals surface area contributed by atoms with Gasteiger partial charge in [0.15, 0.2) is 0 Å². The highest BCUT2D eigenvalue weighted by atomic mass is 16.8. The van der Waals surface area contributed by atoms with Gasteiger partial charge < -0.3 is 19.2 Å². The van der Waals surface area contributed by atoms with E-state index in [0.29, 0.717) is 19.3 Å². The Labute approximate surface area is 93.9 Å². The molecule has 1 aromatic carbocycles. The van der Waals surface area contributed by atoms with E-state index in [-0.39, 0.29) is 6.10 Å². The summed E-state index contributed by atoms with van der Waals surface area (Å²) in [5.74, 6) is 0. The van der Waals surface area contributed by atoms with Crippen LogP contribution in [0.2, 0.25) is 0 Å². The molecule has 3 aliphatic rings. The first-order valence-corrected chi connectivity index (χ1v) is 5.90. The first kappa shape index (κ1) is 9.19. The molecule has 2 atom stereocenters. The van der Waals surface area contributed by atoms with Gasteiger partial charge in [-0.05, 0) is 5.56 Å². The summed E-state index contributed by atoms with van der Waals surface area (Å²) in [7, 11) is 0. The van der Waals surface area contributed by atoms with Gasteiger partial charge in [-0.3, -0.25) is 0 Å². The zero-order chi connectivity index (χ0) is 10.6. The number of fused-ring (bicyclic) bond motifs is 3. The van der Waals surface area contributed by atoms with Crippen molar-refractivity contribution in [1.82, 2.24) is 0 Å². The Morgan fingerprint density at radius 1 is 1.19 bits per heavy atom. The normalized spacial score (nSPS) is 34.2. The van der Waals surface area contributed by atoms with Crippen LogP contribution in [0.25, 0.3) is 0 Å². The van der Waals surface area contributed by atoms with Gasteiger partial charge in [-0.25, -0.2) is 0 Å². The summed E-state index contributed by atoms with van der Waals surface area (Å²) in [5.41, 5.74) is 2.78. The second-order valence-electron chi connectivity index (χ2n) is 4.73. The molecule has 2 saturated heterocycles. The Kier molecular flexibility index (Phi) is 1.77. The zero-order valence-corrected chi connectivity index (χ0v) is 8.96. The predicted octanol–water partition coefficient (Wildman–Crippen LogP) is -0.272. The van der Waals surface area contributed by atoms with E-state index < -0.39 is 6.89 Å². The molecule has 0 bridgehead atoms. The molecule has 2 N–H and O–H groups in total. The van der Waals surface area contributed by atoms with Gasteiger partial charge in [-0.2, -0.15) is 0 Å². The van der Waals surface area contributed by atoms with Crippen LogP contribution in [0.3, 0.4) is 0 Å². The highest BCUT2D eigenvalue weighted by Gasteiger charge is 2.56. The standard InChI is InChI=1S/C11H14BNO3/c1-2-4-9-8(3-1)7-10-11(9)13-12(16-10)14-5-6-15-12/h1-4,10-11H,5-7,13H2/t10-,11+/m1/s1. The van der Waals surface area contributed by atoms with Crippen molar-refractivity contribution in [2.75, 3.05) is 13.2 Å². The maximum atomic E-state index is 5.98. The Morgan fingerprint density at radius 3 is 2.88 bits per heavy atom. The zero-order valence-electron chi connectivity index (χ0n) is 8.96. The van der Waals surface area contributed by atoms with Crippen LogP contribution < -0.4 is 5.23 Å². The minimum atomic E-state index is -1.53. The van der Waals surface area contributed by atoms with Crippen LogP contribution in [0.15, 0.2) is 24.3 Å². The minimum Gasteiger partial charge on any atom is -0.484 e. The lowest BCUT2D eigenvalue weighted by Gasteiger charge is -2.23. The summed E-state index contributed by atoms with van der Waals surface area (Å²) in [6.45, 7) is -0.225. The first-order chi connectivity index (χ1) is 7.86. The predicted molar refractivity (Wildman–Crippen MR) is 57.3 cm³/mol. The van der Waals surface area contributed by atoms with E-state index in [0.717, 1.165) is 6.42 Å². The summed E-state index contributed by atoms with van der Waals surface area (Å²) in [5, 5.41) is 2.14. The molecule has 84 valence electrons. The summed E-state index contributed by atoms with van der Waals surface area (Å²) in [6, 6.07) is 8.90. The van der Waals surface area contributed by atoms with E-state index >= 15 is 0 Å². The summed E-state index contributed by atoms with van der Waals surface area (Å²) < 4.78 is 17.2. The Bertz CT molecular complexity index is 433. The number of rotatable bonds is 0. The Balaban J connectivity index is 1.69. The van der Waals surface area contributed by atoms with Gasteiger partial charge in [0, 0.05) is 25.2 Å². The summed E-state index contributed by atoms with van der Waals surface area (Å²) in [6.07, 6.45) is 1.20. The fraction of sp³-hybridized carbons (Fsp3) is 0.455. The van der Waals surface area contributed by atoms with E-state index in [4.69, 9.17) is 14.0 Å². The van der Waals surface area contributed by atoms with Gasteiger partial charge in [-0.1, -0.05) is 24.3 Å². The van der Waals surface area contributed by atoms with Crippen molar-refractivity contribution in [2.45, 2.75) is 18.6 Å². The van der Waals surface area contributed by atoms with Gasteiger partial charge in [-0.15, -0.1) is 0 Å². The maximum absolute atomic E-state index is 5.98. The number of hydrogen-bond acceptors (Lipinski definition) is 3. The fourth-order valence-corrected chi connectivity index (χ4v) is 3.16. The molecule has 1 aromatic rings. The molecule has 0 radical (unpaired) electrons. The van der Waals surface area contributed by atoms with E-state index in [1.165, 1.54) is 11.1 Å². The number of nitrogens with two attached hydrogens (primary N) is 1. The molecule has 4 rings (SSSR count). The van der Waals surface area contributed by atoms with E-state index in [9.17, 15) is 0 Å². The third-order valence-corrected chi connectivity index (χ3v) is 3.83. The molecule has 2 fully saturated rings. The van der Waals surface area contributed by atoms with E-state index in [2.05, 4.69) is 29.5 Å². The summed E-state index contributed by atoms with van der Waals surface area (Å²) >= 11 is 0. The van der Waals surface area contributed by atoms with E-state index in [1.807, 2.05) is 0 Å². The largest absolute Gasteiger partial charge is 0.622 e. The second-order valence-corrected chi connectivity index (χ2v) is 4.73. The van der Waals surface area contributed by atoms with Crippen LogP contribution in [-0.4, -0.2) is 26.2 Å². The molecule has 16 heavy (non-hydrogen) atoms. The van der Waals surface area contributed by atoms with Gasteiger partial charge in [0.2, 0.25) is 0 Å². The number of quaternary nitrogens is 1. The van der Waals surface area contributed by atoms with Crippen LogP contribution in [0.5, 0.6) is 0 Å². The lowest BCUT2D eigenvalue weighted by molar-refractivity contribution is -0.593. The molecule has 1 aliphatic carbocycles. The maximum Gasteiger partial charge on any atom is 0.622 e. The van der Waals surface area contributed by atoms with Crippen LogP contribution in [0.4, 0.5) is 0 Å². The third kappa shape index (κ3) is 1.14. The van der Waals surface area contributed by atoms with Gasteiger partial charge >= 0.3 is 6.89 Å². The molecule has 0 amide bonds. The topological polar surface area (TPSA) is 44.3 Å². The average Bonchev–Trinajstić information content (AvgIpc) is 2.95. The van der Waals surface area contributed by atoms with Crippen molar-refractivity contribution in [2.24, 2.45) is 0 Å². The quantitative estimate of drug-likeness (QED) is 0.611. The fourth-order valence-electron chi connectivity index (χ4n) is 3.16. The van der Waals surface area contributed by atoms with Gasteiger partial charge in [0.1, 0.15) is 6.04 Å². The van der Waals surface area contributed by atoms with E-state index in [1.54, 1.807) is 0 Å². The lowest BCUT2D eigenvalue weighted by Crippen LogP contribution is -2.99. The molecule has 2 heterocycles. The molecule has 5 heteroatoms. The highest BCUT2D eigenvalue weighted by molar-refractivity contribution is 6.51. The van der Waals surface area contributed by atoms with Crippen molar-refractivity contribution in [1.29, 1.82) is 0 Å². The monoisotopic (exact) mass is 219 g/mol. The molecule has 1 spiro atoms. The molecular weight excluding hydrogens is 205 g/mol. The SMILES string of the molecule is c1ccc2c(c1)C[C@H]1O[B-]3([NH2+][C@@H]21)OCCO3. The van der Waals surface area contributed by atoms with Gasteiger partial charge in [0.25, 0.3) is 0 Å². The number of benzene rings is 1. The first-order valence-electron chi connectivity index (χ1n) is 5.90. The number of hydrogen-bond donors (Lipinski definition) is 1. The highest BCUT2D eigenvalue weighted by Crippen LogP contribution is 2.36. The average molecular weight is 219 g/mol.